The lowest BCUT2D eigenvalue weighted by Crippen LogP contribution is -2.50. The summed E-state index contributed by atoms with van der Waals surface area (Å²) in [4.78, 5) is 64.5. The summed E-state index contributed by atoms with van der Waals surface area (Å²) in [6.45, 7) is 0. The SMILES string of the molecule is COC(=O)c1ccc(N2C(=O)CC(N(C(=O)c3cccc([N+](=O)[O-])c3)C3CCCC3)C2=O)cc1. The number of hydrogen-bond donors (Lipinski definition) is 0. The Hall–Kier alpha value is -4.08. The van der Waals surface area contributed by atoms with Crippen molar-refractivity contribution in [2.75, 3.05) is 12.0 Å². The quantitative estimate of drug-likeness (QED) is 0.278. The number of nitrogens with zero attached hydrogens (tertiary/aromatic N) is 3. The number of carbonyl (C=O) groups excluding carboxylic acids is 4. The highest BCUT2D eigenvalue weighted by Gasteiger charge is 2.47. The molecule has 10 heteroatoms. The molecule has 2 aromatic rings. The van der Waals surface area contributed by atoms with E-state index in [1.54, 1.807) is 0 Å². The van der Waals surface area contributed by atoms with E-state index in [0.29, 0.717) is 18.5 Å². The van der Waals surface area contributed by atoms with E-state index in [4.69, 9.17) is 0 Å². The molecule has 2 aromatic carbocycles. The Labute approximate surface area is 195 Å². The van der Waals surface area contributed by atoms with Crippen LogP contribution in [0, 0.1) is 10.1 Å². The van der Waals surface area contributed by atoms with Gasteiger partial charge >= 0.3 is 5.97 Å². The molecular formula is C24H23N3O7. The van der Waals surface area contributed by atoms with Crippen molar-refractivity contribution in [3.8, 4) is 0 Å². The van der Waals surface area contributed by atoms with E-state index < -0.39 is 34.7 Å². The summed E-state index contributed by atoms with van der Waals surface area (Å²) in [6.07, 6.45) is 2.96. The Bertz CT molecular complexity index is 1160. The van der Waals surface area contributed by atoms with Crippen LogP contribution in [0.25, 0.3) is 0 Å². The average Bonchev–Trinajstić information content (AvgIpc) is 3.47. The molecule has 1 saturated heterocycles. The first-order chi connectivity index (χ1) is 16.3. The minimum Gasteiger partial charge on any atom is -0.465 e. The Morgan fingerprint density at radius 1 is 1.06 bits per heavy atom. The van der Waals surface area contributed by atoms with Crippen molar-refractivity contribution in [1.82, 2.24) is 4.90 Å². The van der Waals surface area contributed by atoms with Gasteiger partial charge in [0, 0.05) is 23.7 Å². The first kappa shape index (κ1) is 23.1. The third kappa shape index (κ3) is 4.26. The van der Waals surface area contributed by atoms with Gasteiger partial charge in [-0.05, 0) is 43.2 Å². The first-order valence-electron chi connectivity index (χ1n) is 10.9. The van der Waals surface area contributed by atoms with Crippen LogP contribution in [0.15, 0.2) is 48.5 Å². The second-order valence-corrected chi connectivity index (χ2v) is 8.28. The highest BCUT2D eigenvalue weighted by atomic mass is 16.6. The van der Waals surface area contributed by atoms with Crippen LogP contribution in [-0.2, 0) is 14.3 Å². The molecule has 0 aromatic heterocycles. The molecule has 176 valence electrons. The fourth-order valence-corrected chi connectivity index (χ4v) is 4.61. The van der Waals surface area contributed by atoms with Crippen molar-refractivity contribution in [3.05, 3.63) is 69.8 Å². The molecule has 1 atom stereocenters. The third-order valence-corrected chi connectivity index (χ3v) is 6.26. The molecule has 4 rings (SSSR count). The van der Waals surface area contributed by atoms with Crippen LogP contribution in [-0.4, -0.2) is 52.7 Å². The Morgan fingerprint density at radius 3 is 2.35 bits per heavy atom. The minimum atomic E-state index is -1.01. The molecule has 34 heavy (non-hydrogen) atoms. The number of amides is 3. The van der Waals surface area contributed by atoms with Crippen LogP contribution in [0.1, 0.15) is 52.8 Å². The van der Waals surface area contributed by atoms with Gasteiger partial charge in [-0.2, -0.15) is 0 Å². The molecule has 1 heterocycles. The van der Waals surface area contributed by atoms with Gasteiger partial charge in [0.05, 0.1) is 29.7 Å². The second kappa shape index (κ2) is 9.42. The summed E-state index contributed by atoms with van der Waals surface area (Å²) in [5, 5.41) is 11.2. The van der Waals surface area contributed by atoms with Gasteiger partial charge in [-0.15, -0.1) is 0 Å². The van der Waals surface area contributed by atoms with Crippen molar-refractivity contribution >= 4 is 35.1 Å². The number of benzene rings is 2. The molecular weight excluding hydrogens is 442 g/mol. The summed E-state index contributed by atoms with van der Waals surface area (Å²) >= 11 is 0. The van der Waals surface area contributed by atoms with Gasteiger partial charge < -0.3 is 9.64 Å². The standard InChI is InChI=1S/C24H23N3O7/c1-34-24(31)15-9-11-18(12-10-15)26-21(28)14-20(23(26)30)25(17-6-2-3-7-17)22(29)16-5-4-8-19(13-16)27(32)33/h4-5,8-13,17,20H,2-3,6-7,14H2,1H3. The van der Waals surface area contributed by atoms with Crippen LogP contribution >= 0.6 is 0 Å². The predicted molar refractivity (Wildman–Crippen MR) is 120 cm³/mol. The lowest BCUT2D eigenvalue weighted by Gasteiger charge is -2.33. The van der Waals surface area contributed by atoms with Gasteiger partial charge in [-0.3, -0.25) is 24.5 Å². The highest BCUT2D eigenvalue weighted by molar-refractivity contribution is 6.23. The third-order valence-electron chi connectivity index (χ3n) is 6.26. The monoisotopic (exact) mass is 465 g/mol. The molecule has 0 N–H and O–H groups in total. The molecule has 0 bridgehead atoms. The number of nitro benzene ring substituents is 1. The summed E-state index contributed by atoms with van der Waals surface area (Å²) in [5.74, 6) is -2.06. The number of nitro groups is 1. The number of non-ortho nitro benzene ring substituents is 1. The van der Waals surface area contributed by atoms with Crippen molar-refractivity contribution in [2.45, 2.75) is 44.2 Å². The van der Waals surface area contributed by atoms with Gasteiger partial charge in [0.2, 0.25) is 5.91 Å². The fraction of sp³-hybridized carbons (Fsp3) is 0.333. The lowest BCUT2D eigenvalue weighted by atomic mass is 10.1. The fourth-order valence-electron chi connectivity index (χ4n) is 4.61. The van der Waals surface area contributed by atoms with Crippen LogP contribution in [0.4, 0.5) is 11.4 Å². The van der Waals surface area contributed by atoms with Crippen LogP contribution in [0.2, 0.25) is 0 Å². The van der Waals surface area contributed by atoms with E-state index in [-0.39, 0.29) is 29.3 Å². The summed E-state index contributed by atoms with van der Waals surface area (Å²) in [6, 6.07) is 10.00. The second-order valence-electron chi connectivity index (χ2n) is 8.28. The van der Waals surface area contributed by atoms with E-state index in [9.17, 15) is 29.3 Å². The molecule has 1 aliphatic heterocycles. The molecule has 2 fully saturated rings. The summed E-state index contributed by atoms with van der Waals surface area (Å²) in [5.41, 5.74) is 0.440. The first-order valence-corrected chi connectivity index (χ1v) is 10.9. The average molecular weight is 465 g/mol. The summed E-state index contributed by atoms with van der Waals surface area (Å²) < 4.78 is 4.67. The zero-order chi connectivity index (χ0) is 24.4. The van der Waals surface area contributed by atoms with Crippen LogP contribution < -0.4 is 4.90 Å². The Kier molecular flexibility index (Phi) is 6.40. The van der Waals surface area contributed by atoms with Gasteiger partial charge in [0.15, 0.2) is 0 Å². The molecule has 0 spiro atoms. The Balaban J connectivity index is 1.65. The largest absolute Gasteiger partial charge is 0.465 e. The van der Waals surface area contributed by atoms with E-state index in [1.165, 1.54) is 60.5 Å². The number of carbonyl (C=O) groups is 4. The normalized spacial score (nSPS) is 18.3. The van der Waals surface area contributed by atoms with E-state index in [0.717, 1.165) is 17.7 Å². The van der Waals surface area contributed by atoms with Crippen molar-refractivity contribution in [2.24, 2.45) is 0 Å². The number of rotatable bonds is 6. The Morgan fingerprint density at radius 2 is 1.74 bits per heavy atom. The van der Waals surface area contributed by atoms with Crippen molar-refractivity contribution in [1.29, 1.82) is 0 Å². The van der Waals surface area contributed by atoms with E-state index >= 15 is 0 Å². The number of anilines is 1. The number of ether oxygens (including phenoxy) is 1. The zero-order valence-electron chi connectivity index (χ0n) is 18.5. The number of imide groups is 1. The molecule has 1 aliphatic carbocycles. The van der Waals surface area contributed by atoms with E-state index in [2.05, 4.69) is 4.74 Å². The number of hydrogen-bond acceptors (Lipinski definition) is 7. The van der Waals surface area contributed by atoms with Gasteiger partial charge in [0.25, 0.3) is 17.5 Å². The van der Waals surface area contributed by atoms with Gasteiger partial charge in [-0.1, -0.05) is 18.9 Å². The molecule has 2 aliphatic rings. The zero-order valence-corrected chi connectivity index (χ0v) is 18.5. The predicted octanol–water partition coefficient (Wildman–Crippen LogP) is 3.10. The van der Waals surface area contributed by atoms with Crippen LogP contribution in [0.3, 0.4) is 0 Å². The molecule has 1 unspecified atom stereocenters. The molecule has 0 radical (unpaired) electrons. The molecule has 1 saturated carbocycles. The minimum absolute atomic E-state index is 0.0993. The van der Waals surface area contributed by atoms with Crippen molar-refractivity contribution < 1.29 is 28.8 Å². The highest BCUT2D eigenvalue weighted by Crippen LogP contribution is 2.33. The number of methoxy groups -OCH3 is 1. The van der Waals surface area contributed by atoms with Crippen molar-refractivity contribution in [3.63, 3.8) is 0 Å². The number of esters is 1. The topological polar surface area (TPSA) is 127 Å². The van der Waals surface area contributed by atoms with Gasteiger partial charge in [-0.25, -0.2) is 9.69 Å². The van der Waals surface area contributed by atoms with E-state index in [1.807, 2.05) is 0 Å². The van der Waals surface area contributed by atoms with Gasteiger partial charge in [0.1, 0.15) is 6.04 Å². The lowest BCUT2D eigenvalue weighted by molar-refractivity contribution is -0.384. The maximum absolute atomic E-state index is 13.5. The molecule has 10 nitrogen and oxygen atoms in total. The maximum Gasteiger partial charge on any atom is 0.337 e. The smallest absolute Gasteiger partial charge is 0.337 e. The van der Waals surface area contributed by atoms with Crippen LogP contribution in [0.5, 0.6) is 0 Å². The maximum atomic E-state index is 13.5. The molecule has 3 amide bonds. The summed E-state index contributed by atoms with van der Waals surface area (Å²) in [7, 11) is 1.25.